The average molecular weight is 487 g/mol. The molecule has 3 saturated carbocycles. The number of ketones is 2. The Labute approximate surface area is 205 Å². The van der Waals surface area contributed by atoms with Crippen molar-refractivity contribution in [3.63, 3.8) is 0 Å². The number of ether oxygens (including phenoxy) is 3. The van der Waals surface area contributed by atoms with Crippen LogP contribution in [0, 0.1) is 34.5 Å². The van der Waals surface area contributed by atoms with Crippen LogP contribution in [0.4, 0.5) is 0 Å². The number of allylic oxidation sites excluding steroid dienone is 4. The predicted octanol–water partition coefficient (Wildman–Crippen LogP) is 3.13. The molecule has 4 rings (SSSR count). The van der Waals surface area contributed by atoms with Crippen LogP contribution < -0.4 is 0 Å². The van der Waals surface area contributed by atoms with E-state index in [0.717, 1.165) is 18.4 Å². The number of Topliss-reactive ketones (excluding diaryl/α,β-unsaturated/α-hetero) is 1. The molecule has 0 spiro atoms. The zero-order valence-electron chi connectivity index (χ0n) is 21.1. The van der Waals surface area contributed by atoms with E-state index in [9.17, 15) is 24.0 Å². The lowest BCUT2D eigenvalue weighted by Gasteiger charge is -2.60. The maximum atomic E-state index is 13.6. The van der Waals surface area contributed by atoms with Crippen molar-refractivity contribution in [3.8, 4) is 0 Å². The molecule has 0 bridgehead atoms. The molecule has 0 aliphatic heterocycles. The average Bonchev–Trinajstić information content (AvgIpc) is 3.09. The van der Waals surface area contributed by atoms with Crippen LogP contribution in [-0.2, 0) is 38.2 Å². The van der Waals surface area contributed by atoms with Crippen LogP contribution in [0.5, 0.6) is 0 Å². The summed E-state index contributed by atoms with van der Waals surface area (Å²) in [7, 11) is 1.35. The van der Waals surface area contributed by atoms with E-state index in [4.69, 9.17) is 14.2 Å². The second-order valence-electron chi connectivity index (χ2n) is 10.9. The smallest absolute Gasteiger partial charge is 0.309 e. The number of rotatable bonds is 5. The maximum absolute atomic E-state index is 13.6. The molecule has 0 unspecified atom stereocenters. The van der Waals surface area contributed by atoms with E-state index in [0.29, 0.717) is 12.8 Å². The first-order valence-corrected chi connectivity index (χ1v) is 12.3. The first-order chi connectivity index (χ1) is 16.4. The molecule has 190 valence electrons. The van der Waals surface area contributed by atoms with Gasteiger partial charge in [-0.1, -0.05) is 25.5 Å². The molecule has 8 heteroatoms. The third-order valence-electron chi connectivity index (χ3n) is 9.32. The highest BCUT2D eigenvalue weighted by molar-refractivity contribution is 6.01. The highest BCUT2D eigenvalue weighted by atomic mass is 16.6. The minimum atomic E-state index is -1.49. The summed E-state index contributed by atoms with van der Waals surface area (Å²) < 4.78 is 16.1. The first-order valence-electron chi connectivity index (χ1n) is 12.3. The topological polar surface area (TPSA) is 113 Å². The molecule has 0 amide bonds. The Morgan fingerprint density at radius 3 is 2.43 bits per heavy atom. The fourth-order valence-corrected chi connectivity index (χ4v) is 7.96. The van der Waals surface area contributed by atoms with Gasteiger partial charge in [-0.3, -0.25) is 24.0 Å². The van der Waals surface area contributed by atoms with Crippen molar-refractivity contribution in [3.05, 3.63) is 23.8 Å². The third-order valence-corrected chi connectivity index (χ3v) is 9.32. The molecule has 0 saturated heterocycles. The predicted molar refractivity (Wildman–Crippen MR) is 124 cm³/mol. The van der Waals surface area contributed by atoms with Gasteiger partial charge in [0.25, 0.3) is 0 Å². The Hall–Kier alpha value is -2.77. The molecule has 35 heavy (non-hydrogen) atoms. The van der Waals surface area contributed by atoms with Gasteiger partial charge in [0.1, 0.15) is 0 Å². The van der Waals surface area contributed by atoms with Gasteiger partial charge in [0, 0.05) is 24.7 Å². The zero-order valence-corrected chi connectivity index (χ0v) is 21.1. The van der Waals surface area contributed by atoms with Gasteiger partial charge in [0.2, 0.25) is 5.78 Å². The van der Waals surface area contributed by atoms with Gasteiger partial charge in [-0.05, 0) is 62.0 Å². The number of hydrogen-bond acceptors (Lipinski definition) is 8. The molecule has 0 aromatic carbocycles. The highest BCUT2D eigenvalue weighted by Gasteiger charge is 2.71. The fraction of sp³-hybridized carbons (Fsp3) is 0.667. The minimum absolute atomic E-state index is 0.00145. The molecule has 0 radical (unpaired) electrons. The fourth-order valence-electron chi connectivity index (χ4n) is 7.96. The van der Waals surface area contributed by atoms with E-state index in [1.165, 1.54) is 21.0 Å². The molecule has 0 heterocycles. The molecular weight excluding hydrogens is 452 g/mol. The van der Waals surface area contributed by atoms with Crippen LogP contribution in [0.15, 0.2) is 23.8 Å². The summed E-state index contributed by atoms with van der Waals surface area (Å²) in [6.07, 6.45) is 7.91. The maximum Gasteiger partial charge on any atom is 0.309 e. The van der Waals surface area contributed by atoms with Gasteiger partial charge in [-0.25, -0.2) is 0 Å². The molecule has 4 aliphatic rings. The van der Waals surface area contributed by atoms with Crippen LogP contribution in [0.2, 0.25) is 0 Å². The van der Waals surface area contributed by atoms with Gasteiger partial charge >= 0.3 is 17.9 Å². The van der Waals surface area contributed by atoms with Crippen molar-refractivity contribution in [2.24, 2.45) is 34.5 Å². The van der Waals surface area contributed by atoms with Gasteiger partial charge < -0.3 is 14.2 Å². The van der Waals surface area contributed by atoms with E-state index in [1.54, 1.807) is 12.2 Å². The molecule has 0 aromatic rings. The highest BCUT2D eigenvalue weighted by Crippen LogP contribution is 2.69. The summed E-state index contributed by atoms with van der Waals surface area (Å²) in [4.78, 5) is 62.6. The lowest BCUT2D eigenvalue weighted by Crippen LogP contribution is -2.62. The third kappa shape index (κ3) is 3.76. The van der Waals surface area contributed by atoms with E-state index >= 15 is 0 Å². The molecule has 0 aromatic heterocycles. The van der Waals surface area contributed by atoms with Gasteiger partial charge in [-0.15, -0.1) is 0 Å². The van der Waals surface area contributed by atoms with Crippen LogP contribution in [0.25, 0.3) is 0 Å². The lowest BCUT2D eigenvalue weighted by molar-refractivity contribution is -0.197. The van der Waals surface area contributed by atoms with E-state index in [2.05, 4.69) is 6.92 Å². The van der Waals surface area contributed by atoms with Gasteiger partial charge in [0.05, 0.1) is 13.0 Å². The molecule has 3 fully saturated rings. The normalized spacial score (nSPS) is 39.5. The molecular formula is C27H34O8. The summed E-state index contributed by atoms with van der Waals surface area (Å²) in [6, 6.07) is 0. The summed E-state index contributed by atoms with van der Waals surface area (Å²) in [6.45, 7) is 6.01. The summed E-state index contributed by atoms with van der Waals surface area (Å²) >= 11 is 0. The van der Waals surface area contributed by atoms with Crippen LogP contribution in [0.3, 0.4) is 0 Å². The van der Waals surface area contributed by atoms with Crippen LogP contribution in [0.1, 0.15) is 59.8 Å². The van der Waals surface area contributed by atoms with Gasteiger partial charge in [-0.2, -0.15) is 0 Å². The Kier molecular flexibility index (Phi) is 6.31. The Morgan fingerprint density at radius 2 is 1.80 bits per heavy atom. The number of carbonyl (C=O) groups is 5. The Bertz CT molecular complexity index is 1040. The van der Waals surface area contributed by atoms with Gasteiger partial charge in [0.15, 0.2) is 18.0 Å². The number of esters is 3. The number of carbonyl (C=O) groups excluding carboxylic acids is 5. The summed E-state index contributed by atoms with van der Waals surface area (Å²) in [5.74, 6) is -2.68. The number of hydrogen-bond donors (Lipinski definition) is 0. The van der Waals surface area contributed by atoms with Crippen LogP contribution in [-0.4, -0.2) is 48.8 Å². The van der Waals surface area contributed by atoms with E-state index in [1.807, 2.05) is 13.0 Å². The standard InChI is InChI=1S/C27H34O8/c1-15(28)34-14-22(31)27(35-16(2)29)11-9-21-19-7-6-17-12-18(30)8-10-25(17,3)23(19)20(24(32)33-5)13-26(21,27)4/h8,10,12,19-21,23H,6-7,9,11,13-14H2,1-5H3/t19-,20+,21-,23+,25-,26-,27-/m0/s1. The Morgan fingerprint density at radius 1 is 1.09 bits per heavy atom. The minimum Gasteiger partial charge on any atom is -0.469 e. The van der Waals surface area contributed by atoms with Crippen molar-refractivity contribution in [2.45, 2.75) is 65.4 Å². The van der Waals surface area contributed by atoms with Crippen LogP contribution >= 0.6 is 0 Å². The van der Waals surface area contributed by atoms with E-state index in [-0.39, 0.29) is 35.9 Å². The largest absolute Gasteiger partial charge is 0.469 e. The zero-order chi connectivity index (χ0) is 25.8. The number of fused-ring (bicyclic) bond motifs is 5. The number of methoxy groups -OCH3 is 1. The van der Waals surface area contributed by atoms with Crippen molar-refractivity contribution in [1.29, 1.82) is 0 Å². The molecule has 7 atom stereocenters. The van der Waals surface area contributed by atoms with Crippen molar-refractivity contribution in [1.82, 2.24) is 0 Å². The lowest BCUT2D eigenvalue weighted by atomic mass is 9.44. The monoisotopic (exact) mass is 486 g/mol. The Balaban J connectivity index is 1.81. The molecule has 0 N–H and O–H groups in total. The SMILES string of the molecule is COC(=O)[C@@H]1C[C@@]2(C)[C@@H](CC[C@]2(OC(C)=O)C(=O)COC(C)=O)[C@@H]2CCC3=CC(=O)C=C[C@]3(C)[C@H]21. The quantitative estimate of drug-likeness (QED) is 0.430. The summed E-state index contributed by atoms with van der Waals surface area (Å²) in [5, 5.41) is 0. The second kappa shape index (κ2) is 8.71. The molecule has 4 aliphatic carbocycles. The van der Waals surface area contributed by atoms with E-state index < -0.39 is 46.7 Å². The van der Waals surface area contributed by atoms with Crippen molar-refractivity contribution in [2.75, 3.05) is 13.7 Å². The second-order valence-corrected chi connectivity index (χ2v) is 10.9. The summed E-state index contributed by atoms with van der Waals surface area (Å²) in [5.41, 5.74) is -1.79. The van der Waals surface area contributed by atoms with Crippen molar-refractivity contribution < 1.29 is 38.2 Å². The first kappa shape index (κ1) is 25.3. The molecule has 8 nitrogen and oxygen atoms in total. The van der Waals surface area contributed by atoms with Crippen molar-refractivity contribution >= 4 is 29.5 Å².